The average Bonchev–Trinajstić information content (AvgIpc) is 3.24. The molecule has 0 aliphatic carbocycles. The number of phenolic OH excluding ortho intramolecular Hbond substituents is 1. The number of hydrogen-bond acceptors (Lipinski definition) is 11. The molecule has 0 fully saturated rings. The Kier molecular flexibility index (Phi) is 50.8. The molecule has 15 heteroatoms. The Morgan fingerprint density at radius 2 is 1.03 bits per heavy atom. The van der Waals surface area contributed by atoms with E-state index < -0.39 is 25.4 Å². The van der Waals surface area contributed by atoms with Gasteiger partial charge in [-0.3, -0.25) is 4.39 Å². The second-order valence-electron chi connectivity index (χ2n) is 10.7. The molecule has 7 N–H and O–H groups in total. The molecule has 0 aliphatic heterocycles. The minimum atomic E-state index is -1.00. The Labute approximate surface area is 367 Å². The SMILES string of the molecule is C.C.C.C.C=CCOC(=O)NCCO.C=CCOC(=O)NCCOc1cccc(CC)c1.C=CCOC(=O)NCCOc1cccc(CN)c1.CCc1cccc(O)c1.[2H]CF. The highest BCUT2D eigenvalue weighted by molar-refractivity contribution is 5.67. The first-order valence-corrected chi connectivity index (χ1v) is 18.0. The lowest BCUT2D eigenvalue weighted by molar-refractivity contribution is 0.154. The fraction of sp³-hybridized carbons (Fsp3) is 0.413. The lowest BCUT2D eigenvalue weighted by atomic mass is 10.2. The Hall–Kier alpha value is -6.06. The number of halogens is 1. The minimum absolute atomic E-state index is 0. The molecule has 0 aromatic heterocycles. The van der Waals surface area contributed by atoms with Crippen molar-refractivity contribution in [1.29, 1.82) is 0 Å². The summed E-state index contributed by atoms with van der Waals surface area (Å²) in [7, 11) is -1.00. The van der Waals surface area contributed by atoms with Crippen molar-refractivity contribution >= 4 is 18.3 Å². The summed E-state index contributed by atoms with van der Waals surface area (Å²) in [6, 6.07) is 22.7. The van der Waals surface area contributed by atoms with Gasteiger partial charge in [-0.05, 0) is 65.9 Å². The fourth-order valence-corrected chi connectivity index (χ4v) is 3.75. The van der Waals surface area contributed by atoms with Crippen molar-refractivity contribution < 1.29 is 54.0 Å². The Morgan fingerprint density at radius 1 is 0.672 bits per heavy atom. The first-order chi connectivity index (χ1) is 28.1. The molecule has 0 saturated heterocycles. The topological polar surface area (TPSA) is 200 Å². The van der Waals surface area contributed by atoms with Crippen LogP contribution in [0.5, 0.6) is 17.2 Å². The number of aliphatic hydroxyl groups excluding tert-OH is 1. The quantitative estimate of drug-likeness (QED) is 0.0382. The second-order valence-corrected chi connectivity index (χ2v) is 10.7. The number of phenols is 1. The summed E-state index contributed by atoms with van der Waals surface area (Å²) >= 11 is 0. The summed E-state index contributed by atoms with van der Waals surface area (Å²) in [5, 5.41) is 24.6. The average molecular weight is 866 g/mol. The molecule has 61 heavy (non-hydrogen) atoms. The summed E-state index contributed by atoms with van der Waals surface area (Å²) in [5.41, 5.74) is 8.93. The van der Waals surface area contributed by atoms with Crippen LogP contribution in [0.1, 0.15) is 61.6 Å². The molecule has 3 amide bonds. The lowest BCUT2D eigenvalue weighted by Gasteiger charge is -2.08. The third-order valence-electron chi connectivity index (χ3n) is 6.42. The van der Waals surface area contributed by atoms with E-state index in [1.807, 2.05) is 54.6 Å². The van der Waals surface area contributed by atoms with Crippen LogP contribution in [0.15, 0.2) is 111 Å². The number of alkyl halides is 1. The molecule has 348 valence electrons. The zero-order valence-electron chi connectivity index (χ0n) is 34.1. The molecule has 0 radical (unpaired) electrons. The van der Waals surface area contributed by atoms with Gasteiger partial charge in [-0.1, -0.05) is 118 Å². The highest BCUT2D eigenvalue weighted by atomic mass is 19.1. The molecule has 0 unspecified atom stereocenters. The molecule has 0 atom stereocenters. The first kappa shape index (κ1) is 64.1. The van der Waals surface area contributed by atoms with Crippen molar-refractivity contribution in [3.05, 3.63) is 127 Å². The molecule has 3 aromatic carbocycles. The maximum absolute atomic E-state index is 11.1. The number of hydrogen-bond donors (Lipinski definition) is 6. The number of benzene rings is 3. The van der Waals surface area contributed by atoms with Gasteiger partial charge in [-0.15, -0.1) is 0 Å². The Morgan fingerprint density at radius 3 is 1.38 bits per heavy atom. The van der Waals surface area contributed by atoms with E-state index in [2.05, 4.69) is 60.3 Å². The summed E-state index contributed by atoms with van der Waals surface area (Å²) < 4.78 is 40.5. The number of nitrogens with one attached hydrogen (secondary N) is 3. The van der Waals surface area contributed by atoms with Crippen molar-refractivity contribution in [2.75, 3.05) is 66.4 Å². The van der Waals surface area contributed by atoms with Crippen LogP contribution < -0.4 is 31.2 Å². The van der Waals surface area contributed by atoms with Crippen LogP contribution in [-0.4, -0.2) is 94.9 Å². The number of amides is 3. The smallest absolute Gasteiger partial charge is 0.407 e. The first-order valence-electron chi connectivity index (χ1n) is 18.7. The number of alkyl carbamates (subject to hydrolysis) is 3. The number of aliphatic hydroxyl groups is 1. The third-order valence-corrected chi connectivity index (χ3v) is 6.42. The minimum Gasteiger partial charge on any atom is -0.508 e. The zero-order chi connectivity index (χ0) is 43.7. The highest BCUT2D eigenvalue weighted by Crippen LogP contribution is 2.14. The molecule has 0 bridgehead atoms. The molecular weight excluding hydrogens is 788 g/mol. The third kappa shape index (κ3) is 40.5. The van der Waals surface area contributed by atoms with E-state index in [4.69, 9.17) is 36.3 Å². The summed E-state index contributed by atoms with van der Waals surface area (Å²) in [5.74, 6) is 1.91. The van der Waals surface area contributed by atoms with E-state index in [9.17, 15) is 18.8 Å². The van der Waals surface area contributed by atoms with Crippen molar-refractivity contribution in [2.24, 2.45) is 5.73 Å². The van der Waals surface area contributed by atoms with Crippen molar-refractivity contribution in [3.63, 3.8) is 0 Å². The van der Waals surface area contributed by atoms with E-state index in [1.54, 1.807) is 12.1 Å². The molecule has 0 aliphatic rings. The van der Waals surface area contributed by atoms with Crippen LogP contribution in [0.4, 0.5) is 18.8 Å². The Balaban J connectivity index is -0.000000167. The number of ether oxygens (including phenoxy) is 5. The van der Waals surface area contributed by atoms with Gasteiger partial charge in [0.15, 0.2) is 0 Å². The number of nitrogens with two attached hydrogens (primary N) is 1. The van der Waals surface area contributed by atoms with Gasteiger partial charge in [0.25, 0.3) is 0 Å². The molecule has 3 rings (SSSR count). The van der Waals surface area contributed by atoms with Crippen LogP contribution in [0, 0.1) is 0 Å². The normalized spacial score (nSPS) is 8.77. The largest absolute Gasteiger partial charge is 0.508 e. The highest BCUT2D eigenvalue weighted by Gasteiger charge is 2.02. The van der Waals surface area contributed by atoms with Crippen molar-refractivity contribution in [1.82, 2.24) is 16.0 Å². The van der Waals surface area contributed by atoms with Gasteiger partial charge in [-0.25, -0.2) is 14.4 Å². The standard InChI is InChI=1S/C14H19NO3.C13H18N2O3.C8H10O.C6H11NO3.CH3F.4CH4/c1-3-9-18-14(16)15-8-10-17-13-7-5-6-12(4-2)11-13;1-2-7-18-13(16)15-6-8-17-12-5-3-4-11(9-12)10-14;1-2-7-4-3-5-8(9)6-7;1-2-5-10-6(9)7-3-4-8;1-2;;;;/h3,5-7,11H,1,4,8-10H2,2H3,(H,15,16);2-5,9H,1,6-8,10,14H2,(H,15,16);3-6,9H,2H2,1H3;2,8H,1,3-5H2,(H,7,9);1H3;4*1H4/i;;;;1D;;;;. The van der Waals surface area contributed by atoms with E-state index >= 15 is 0 Å². The monoisotopic (exact) mass is 866 g/mol. The zero-order valence-corrected chi connectivity index (χ0v) is 33.1. The van der Waals surface area contributed by atoms with Gasteiger partial charge in [0.2, 0.25) is 0 Å². The van der Waals surface area contributed by atoms with Crippen LogP contribution >= 0.6 is 0 Å². The van der Waals surface area contributed by atoms with E-state index in [1.165, 1.54) is 29.4 Å². The second kappa shape index (κ2) is 48.3. The number of aryl methyl sites for hydroxylation is 2. The summed E-state index contributed by atoms with van der Waals surface area (Å²) in [6.45, 7) is 17.2. The van der Waals surface area contributed by atoms with Gasteiger partial charge in [0.05, 0.1) is 28.2 Å². The van der Waals surface area contributed by atoms with Gasteiger partial charge in [0, 0.05) is 13.1 Å². The molecule has 3 aromatic rings. The number of rotatable bonds is 19. The van der Waals surface area contributed by atoms with E-state index in [0.717, 1.165) is 29.9 Å². The predicted molar refractivity (Wildman–Crippen MR) is 248 cm³/mol. The maximum Gasteiger partial charge on any atom is 0.407 e. The molecular formula is C46H77FN4O10. The van der Waals surface area contributed by atoms with Crippen molar-refractivity contribution in [3.8, 4) is 17.2 Å². The van der Waals surface area contributed by atoms with Gasteiger partial charge in [0.1, 0.15) is 50.3 Å². The summed E-state index contributed by atoms with van der Waals surface area (Å²) in [4.78, 5) is 32.6. The molecule has 14 nitrogen and oxygen atoms in total. The summed E-state index contributed by atoms with van der Waals surface area (Å²) in [6.07, 6.45) is 4.99. The molecule has 0 spiro atoms. The molecule has 0 saturated carbocycles. The van der Waals surface area contributed by atoms with Gasteiger partial charge in [-0.2, -0.15) is 0 Å². The van der Waals surface area contributed by atoms with Gasteiger partial charge < -0.3 is 55.6 Å². The maximum atomic E-state index is 11.1. The van der Waals surface area contributed by atoms with Crippen LogP contribution in [0.25, 0.3) is 0 Å². The number of carbonyl (C=O) groups excluding carboxylic acids is 3. The van der Waals surface area contributed by atoms with Gasteiger partial charge >= 0.3 is 18.3 Å². The van der Waals surface area contributed by atoms with Crippen LogP contribution in [-0.2, 0) is 33.6 Å². The predicted octanol–water partition coefficient (Wildman–Crippen LogP) is 8.95. The van der Waals surface area contributed by atoms with E-state index in [-0.39, 0.29) is 62.7 Å². The fourth-order valence-electron chi connectivity index (χ4n) is 3.75. The Bertz CT molecular complexity index is 1480. The van der Waals surface area contributed by atoms with Crippen LogP contribution in [0.2, 0.25) is 0 Å². The van der Waals surface area contributed by atoms with E-state index in [0.29, 0.717) is 38.6 Å². The number of carbonyl (C=O) groups is 3. The van der Waals surface area contributed by atoms with Crippen molar-refractivity contribution in [2.45, 2.75) is 62.9 Å². The lowest BCUT2D eigenvalue weighted by Crippen LogP contribution is -2.28. The van der Waals surface area contributed by atoms with Crippen LogP contribution in [0.3, 0.4) is 0 Å². The molecule has 0 heterocycles. The number of aromatic hydroxyl groups is 1.